The van der Waals surface area contributed by atoms with Crippen molar-refractivity contribution in [1.29, 1.82) is 0 Å². The van der Waals surface area contributed by atoms with Gasteiger partial charge in [-0.05, 0) is 36.5 Å². The number of rotatable bonds is 6. The topological polar surface area (TPSA) is 46.5 Å². The minimum atomic E-state index is -0.665. The van der Waals surface area contributed by atoms with E-state index in [1.165, 1.54) is 11.1 Å². The number of aliphatic carboxylic acids is 1. The van der Waals surface area contributed by atoms with Crippen molar-refractivity contribution in [2.45, 2.75) is 39.0 Å². The van der Waals surface area contributed by atoms with Gasteiger partial charge in [0.15, 0.2) is 0 Å². The molecule has 3 heteroatoms. The molecule has 0 aliphatic carbocycles. The predicted octanol–water partition coefficient (Wildman–Crippen LogP) is 3.06. The summed E-state index contributed by atoms with van der Waals surface area (Å²) in [6.45, 7) is 2.80. The molecule has 1 aliphatic rings. The van der Waals surface area contributed by atoms with Crippen molar-refractivity contribution in [3.05, 3.63) is 29.3 Å². The maximum Gasteiger partial charge on any atom is 0.306 e. The van der Waals surface area contributed by atoms with E-state index in [-0.39, 0.29) is 5.92 Å². The van der Waals surface area contributed by atoms with E-state index in [4.69, 9.17) is 9.84 Å². The van der Waals surface area contributed by atoms with Crippen molar-refractivity contribution in [3.63, 3.8) is 0 Å². The van der Waals surface area contributed by atoms with Gasteiger partial charge in [0.05, 0.1) is 12.5 Å². The summed E-state index contributed by atoms with van der Waals surface area (Å²) in [6.07, 6.45) is 4.23. The fourth-order valence-corrected chi connectivity index (χ4v) is 2.48. The first-order chi connectivity index (χ1) is 8.70. The quantitative estimate of drug-likeness (QED) is 0.841. The van der Waals surface area contributed by atoms with Crippen LogP contribution >= 0.6 is 0 Å². The second-order valence-corrected chi connectivity index (χ2v) is 4.90. The van der Waals surface area contributed by atoms with E-state index in [9.17, 15) is 4.79 Å². The molecule has 0 aromatic heterocycles. The highest BCUT2D eigenvalue weighted by Crippen LogP contribution is 2.27. The largest absolute Gasteiger partial charge is 0.493 e. The van der Waals surface area contributed by atoms with E-state index in [2.05, 4.69) is 12.1 Å². The van der Waals surface area contributed by atoms with Crippen LogP contribution < -0.4 is 4.74 Å². The number of hydrogen-bond acceptors (Lipinski definition) is 2. The van der Waals surface area contributed by atoms with Gasteiger partial charge in [0.1, 0.15) is 5.75 Å². The molecular weight excluding hydrogens is 228 g/mol. The van der Waals surface area contributed by atoms with E-state index >= 15 is 0 Å². The lowest BCUT2D eigenvalue weighted by Crippen LogP contribution is -2.14. The molecule has 0 amide bonds. The number of carboxylic acid groups (broad SMARTS) is 1. The molecule has 18 heavy (non-hydrogen) atoms. The molecule has 0 saturated carbocycles. The molecule has 1 aliphatic heterocycles. The predicted molar refractivity (Wildman–Crippen MR) is 70.0 cm³/mol. The smallest absolute Gasteiger partial charge is 0.306 e. The van der Waals surface area contributed by atoms with Crippen LogP contribution in [0.5, 0.6) is 5.75 Å². The molecule has 1 aromatic rings. The zero-order valence-electron chi connectivity index (χ0n) is 10.8. The monoisotopic (exact) mass is 248 g/mol. The molecule has 2 rings (SSSR count). The standard InChI is InChI=1S/C15H20O3/c1-2-3-12(15(16)17)6-4-11-5-7-14-13(10-11)8-9-18-14/h5,7,10,12H,2-4,6,8-9H2,1H3,(H,16,17). The molecule has 1 atom stereocenters. The fraction of sp³-hybridized carbons (Fsp3) is 0.533. The van der Waals surface area contributed by atoms with E-state index < -0.39 is 5.97 Å². The number of hydrogen-bond donors (Lipinski definition) is 1. The molecule has 0 bridgehead atoms. The van der Waals surface area contributed by atoms with Crippen LogP contribution in [0.3, 0.4) is 0 Å². The Hall–Kier alpha value is -1.51. The molecule has 1 aromatic carbocycles. The van der Waals surface area contributed by atoms with E-state index in [1.54, 1.807) is 0 Å². The normalized spacial score (nSPS) is 14.9. The highest BCUT2D eigenvalue weighted by atomic mass is 16.5. The van der Waals surface area contributed by atoms with Crippen molar-refractivity contribution >= 4 is 5.97 Å². The van der Waals surface area contributed by atoms with Crippen molar-refractivity contribution < 1.29 is 14.6 Å². The Morgan fingerprint density at radius 2 is 2.28 bits per heavy atom. The second-order valence-electron chi connectivity index (χ2n) is 4.90. The van der Waals surface area contributed by atoms with Gasteiger partial charge in [-0.15, -0.1) is 0 Å². The van der Waals surface area contributed by atoms with Crippen LogP contribution in [0.15, 0.2) is 18.2 Å². The molecular formula is C15H20O3. The Morgan fingerprint density at radius 3 is 3.00 bits per heavy atom. The number of ether oxygens (including phenoxy) is 1. The van der Waals surface area contributed by atoms with Crippen molar-refractivity contribution in [2.24, 2.45) is 5.92 Å². The molecule has 1 N–H and O–H groups in total. The van der Waals surface area contributed by atoms with Gasteiger partial charge in [-0.25, -0.2) is 0 Å². The lowest BCUT2D eigenvalue weighted by molar-refractivity contribution is -0.142. The lowest BCUT2D eigenvalue weighted by atomic mass is 9.94. The summed E-state index contributed by atoms with van der Waals surface area (Å²) in [5.74, 6) is 0.114. The van der Waals surface area contributed by atoms with Gasteiger partial charge in [0.25, 0.3) is 0 Å². The SMILES string of the molecule is CCCC(CCc1ccc2c(c1)CCO2)C(=O)O. The van der Waals surface area contributed by atoms with E-state index in [1.807, 2.05) is 13.0 Å². The fourth-order valence-electron chi connectivity index (χ4n) is 2.48. The van der Waals surface area contributed by atoms with E-state index in [0.29, 0.717) is 0 Å². The minimum Gasteiger partial charge on any atom is -0.493 e. The second kappa shape index (κ2) is 5.89. The Kier molecular flexibility index (Phi) is 4.24. The van der Waals surface area contributed by atoms with Crippen LogP contribution in [0.2, 0.25) is 0 Å². The van der Waals surface area contributed by atoms with Gasteiger partial charge in [0, 0.05) is 6.42 Å². The molecule has 3 nitrogen and oxygen atoms in total. The molecule has 1 heterocycles. The van der Waals surface area contributed by atoms with Gasteiger partial charge in [-0.3, -0.25) is 4.79 Å². The average Bonchev–Trinajstić information content (AvgIpc) is 2.81. The van der Waals surface area contributed by atoms with Gasteiger partial charge in [-0.2, -0.15) is 0 Å². The highest BCUT2D eigenvalue weighted by Gasteiger charge is 2.17. The number of carboxylic acids is 1. The van der Waals surface area contributed by atoms with Gasteiger partial charge >= 0.3 is 5.97 Å². The summed E-state index contributed by atoms with van der Waals surface area (Å²) in [7, 11) is 0. The lowest BCUT2D eigenvalue weighted by Gasteiger charge is -2.11. The average molecular weight is 248 g/mol. The van der Waals surface area contributed by atoms with E-state index in [0.717, 1.165) is 44.5 Å². The molecule has 0 fully saturated rings. The van der Waals surface area contributed by atoms with Crippen LogP contribution in [0.4, 0.5) is 0 Å². The van der Waals surface area contributed by atoms with Crippen molar-refractivity contribution in [2.75, 3.05) is 6.61 Å². The van der Waals surface area contributed by atoms with Crippen molar-refractivity contribution in [3.8, 4) is 5.75 Å². The van der Waals surface area contributed by atoms with Gasteiger partial charge in [-0.1, -0.05) is 25.5 Å². The number of carbonyl (C=O) groups is 1. The summed E-state index contributed by atoms with van der Waals surface area (Å²) in [4.78, 5) is 11.1. The summed E-state index contributed by atoms with van der Waals surface area (Å²) >= 11 is 0. The first kappa shape index (κ1) is 12.9. The minimum absolute atomic E-state index is 0.209. The molecule has 0 saturated heterocycles. The third-order valence-corrected chi connectivity index (χ3v) is 3.52. The Bertz CT molecular complexity index is 426. The first-order valence-electron chi connectivity index (χ1n) is 6.68. The van der Waals surface area contributed by atoms with Gasteiger partial charge in [0.2, 0.25) is 0 Å². The zero-order chi connectivity index (χ0) is 13.0. The molecule has 98 valence electrons. The van der Waals surface area contributed by atoms with Crippen LogP contribution in [-0.4, -0.2) is 17.7 Å². The molecule has 0 radical (unpaired) electrons. The molecule has 0 spiro atoms. The third-order valence-electron chi connectivity index (χ3n) is 3.52. The summed E-state index contributed by atoms with van der Waals surface area (Å²) in [6, 6.07) is 6.22. The summed E-state index contributed by atoms with van der Waals surface area (Å²) in [5, 5.41) is 9.12. The third kappa shape index (κ3) is 3.03. The summed E-state index contributed by atoms with van der Waals surface area (Å²) in [5.41, 5.74) is 2.48. The van der Waals surface area contributed by atoms with Crippen LogP contribution in [-0.2, 0) is 17.6 Å². The Balaban J connectivity index is 1.95. The number of benzene rings is 1. The number of fused-ring (bicyclic) bond motifs is 1. The Morgan fingerprint density at radius 1 is 1.44 bits per heavy atom. The first-order valence-corrected chi connectivity index (χ1v) is 6.68. The maximum atomic E-state index is 11.1. The Labute approximate surface area is 108 Å². The van der Waals surface area contributed by atoms with Crippen LogP contribution in [0.25, 0.3) is 0 Å². The molecule has 1 unspecified atom stereocenters. The number of aryl methyl sites for hydroxylation is 1. The van der Waals surface area contributed by atoms with Crippen LogP contribution in [0.1, 0.15) is 37.3 Å². The van der Waals surface area contributed by atoms with Crippen molar-refractivity contribution in [1.82, 2.24) is 0 Å². The van der Waals surface area contributed by atoms with Gasteiger partial charge < -0.3 is 9.84 Å². The zero-order valence-corrected chi connectivity index (χ0v) is 10.8. The highest BCUT2D eigenvalue weighted by molar-refractivity contribution is 5.69. The summed E-state index contributed by atoms with van der Waals surface area (Å²) < 4.78 is 5.46. The van der Waals surface area contributed by atoms with Crippen LogP contribution in [0, 0.1) is 5.92 Å². The maximum absolute atomic E-state index is 11.1.